The third-order valence-corrected chi connectivity index (χ3v) is 4.97. The number of nitrogens with one attached hydrogen (secondary N) is 2. The number of benzene rings is 1. The molecule has 1 aliphatic heterocycles. The lowest BCUT2D eigenvalue weighted by atomic mass is 9.79. The molecule has 2 rings (SSSR count). The summed E-state index contributed by atoms with van der Waals surface area (Å²) in [5.74, 6) is -1.28. The molecule has 0 radical (unpaired) electrons. The lowest BCUT2D eigenvalue weighted by molar-refractivity contribution is -0.139. The first kappa shape index (κ1) is 21.8. The van der Waals surface area contributed by atoms with Crippen LogP contribution in [0.5, 0.6) is 0 Å². The number of piperidine rings is 1. The van der Waals surface area contributed by atoms with Crippen LogP contribution in [0.4, 0.5) is 18.9 Å². The quantitative estimate of drug-likeness (QED) is 0.772. The monoisotopic (exact) mass is 416 g/mol. The molecular weight excluding hydrogens is 397 g/mol. The zero-order valence-electron chi connectivity index (χ0n) is 15.2. The van der Waals surface area contributed by atoms with Crippen molar-refractivity contribution in [3.8, 4) is 6.07 Å². The molecule has 0 aromatic heterocycles. The van der Waals surface area contributed by atoms with Crippen molar-refractivity contribution < 1.29 is 22.8 Å². The Hall–Kier alpha value is -2.47. The van der Waals surface area contributed by atoms with Gasteiger partial charge in [-0.25, -0.2) is 0 Å². The van der Waals surface area contributed by atoms with Crippen LogP contribution in [0, 0.1) is 16.7 Å². The van der Waals surface area contributed by atoms with Gasteiger partial charge < -0.3 is 15.5 Å². The van der Waals surface area contributed by atoms with Crippen LogP contribution in [0.3, 0.4) is 0 Å². The van der Waals surface area contributed by atoms with Gasteiger partial charge in [0.15, 0.2) is 0 Å². The summed E-state index contributed by atoms with van der Waals surface area (Å²) in [7, 11) is 0. The van der Waals surface area contributed by atoms with E-state index >= 15 is 0 Å². The summed E-state index contributed by atoms with van der Waals surface area (Å²) < 4.78 is 36.3. The number of rotatable bonds is 5. The summed E-state index contributed by atoms with van der Waals surface area (Å²) >= 11 is 5.91. The molecule has 0 unspecified atom stereocenters. The van der Waals surface area contributed by atoms with Crippen molar-refractivity contribution in [2.24, 2.45) is 5.41 Å². The second-order valence-corrected chi connectivity index (χ2v) is 7.33. The van der Waals surface area contributed by atoms with Gasteiger partial charge in [0.25, 0.3) is 0 Å². The summed E-state index contributed by atoms with van der Waals surface area (Å²) in [6.07, 6.45) is -3.56. The van der Waals surface area contributed by atoms with Gasteiger partial charge in [-0.15, -0.1) is 0 Å². The molecule has 1 saturated heterocycles. The Bertz CT molecular complexity index is 784. The molecule has 1 aromatic rings. The number of nitriles is 1. The van der Waals surface area contributed by atoms with Gasteiger partial charge >= 0.3 is 6.18 Å². The molecule has 152 valence electrons. The zero-order valence-corrected chi connectivity index (χ0v) is 16.0. The van der Waals surface area contributed by atoms with E-state index in [0.29, 0.717) is 36.5 Å². The summed E-state index contributed by atoms with van der Waals surface area (Å²) in [5, 5.41) is 13.9. The standard InChI is InChI=1S/C18H20ClF3N4O2/c1-17(16(28)24-10-15(27)25-11-18(20,21)22)4-6-26(7-5-17)14-3-2-13(19)8-12(14)9-23/h2-3,8H,4-7,10-11H2,1H3,(H,24,28)(H,25,27). The van der Waals surface area contributed by atoms with Gasteiger partial charge in [0, 0.05) is 23.5 Å². The number of nitrogens with zero attached hydrogens (tertiary/aromatic N) is 2. The minimum Gasteiger partial charge on any atom is -0.370 e. The second kappa shape index (κ2) is 8.69. The number of alkyl halides is 3. The Morgan fingerprint density at radius 1 is 1.29 bits per heavy atom. The highest BCUT2D eigenvalue weighted by Crippen LogP contribution is 2.34. The zero-order chi connectivity index (χ0) is 20.9. The number of amides is 2. The minimum absolute atomic E-state index is 0.383. The highest BCUT2D eigenvalue weighted by Gasteiger charge is 2.37. The topological polar surface area (TPSA) is 85.2 Å². The largest absolute Gasteiger partial charge is 0.405 e. The molecule has 1 fully saturated rings. The van der Waals surface area contributed by atoms with E-state index in [9.17, 15) is 28.0 Å². The molecule has 0 spiro atoms. The molecule has 0 atom stereocenters. The van der Waals surface area contributed by atoms with Crippen LogP contribution in [-0.4, -0.2) is 44.2 Å². The van der Waals surface area contributed by atoms with Crippen molar-refractivity contribution in [3.05, 3.63) is 28.8 Å². The van der Waals surface area contributed by atoms with E-state index in [1.807, 2.05) is 4.90 Å². The maximum absolute atomic E-state index is 12.4. The molecule has 0 saturated carbocycles. The highest BCUT2D eigenvalue weighted by atomic mass is 35.5. The predicted octanol–water partition coefficient (Wildman–Crippen LogP) is 2.61. The van der Waals surface area contributed by atoms with Gasteiger partial charge in [-0.3, -0.25) is 9.59 Å². The van der Waals surface area contributed by atoms with Crippen molar-refractivity contribution in [3.63, 3.8) is 0 Å². The molecule has 2 amide bonds. The molecule has 10 heteroatoms. The first-order valence-corrected chi connectivity index (χ1v) is 8.98. The fourth-order valence-electron chi connectivity index (χ4n) is 2.98. The highest BCUT2D eigenvalue weighted by molar-refractivity contribution is 6.30. The number of anilines is 1. The molecule has 1 aliphatic rings. The van der Waals surface area contributed by atoms with E-state index in [4.69, 9.17) is 11.6 Å². The Balaban J connectivity index is 1.89. The Morgan fingerprint density at radius 3 is 2.50 bits per heavy atom. The van der Waals surface area contributed by atoms with Gasteiger partial charge in [0.05, 0.1) is 17.8 Å². The van der Waals surface area contributed by atoms with Gasteiger partial charge in [-0.2, -0.15) is 18.4 Å². The van der Waals surface area contributed by atoms with Crippen molar-refractivity contribution in [1.29, 1.82) is 5.26 Å². The van der Waals surface area contributed by atoms with Crippen LogP contribution in [0.2, 0.25) is 5.02 Å². The third-order valence-electron chi connectivity index (χ3n) is 4.73. The fraction of sp³-hybridized carbons (Fsp3) is 0.500. The number of carbonyl (C=O) groups excluding carboxylic acids is 2. The van der Waals surface area contributed by atoms with Gasteiger partial charge in [-0.05, 0) is 31.0 Å². The lowest BCUT2D eigenvalue weighted by Gasteiger charge is -2.39. The normalized spacial score (nSPS) is 16.2. The minimum atomic E-state index is -4.50. The number of carbonyl (C=O) groups is 2. The first-order valence-electron chi connectivity index (χ1n) is 8.60. The average Bonchev–Trinajstić information content (AvgIpc) is 2.64. The molecule has 0 bridgehead atoms. The molecule has 28 heavy (non-hydrogen) atoms. The SMILES string of the molecule is CC1(C(=O)NCC(=O)NCC(F)(F)F)CCN(c2ccc(Cl)cc2C#N)CC1. The molecule has 1 aromatic carbocycles. The van der Waals surface area contributed by atoms with Gasteiger partial charge in [0.2, 0.25) is 11.8 Å². The van der Waals surface area contributed by atoms with E-state index < -0.39 is 30.6 Å². The Kier molecular flexibility index (Phi) is 6.77. The number of hydrogen-bond donors (Lipinski definition) is 2. The first-order chi connectivity index (χ1) is 13.0. The van der Waals surface area contributed by atoms with Crippen LogP contribution in [0.25, 0.3) is 0 Å². The molecule has 0 aliphatic carbocycles. The average molecular weight is 417 g/mol. The molecule has 1 heterocycles. The van der Waals surface area contributed by atoms with Crippen LogP contribution in [0.15, 0.2) is 18.2 Å². The smallest absolute Gasteiger partial charge is 0.370 e. The summed E-state index contributed by atoms with van der Waals surface area (Å²) in [5.41, 5.74) is 0.433. The van der Waals surface area contributed by atoms with Crippen molar-refractivity contribution in [2.45, 2.75) is 25.9 Å². The van der Waals surface area contributed by atoms with Crippen LogP contribution >= 0.6 is 11.6 Å². The fourth-order valence-corrected chi connectivity index (χ4v) is 3.15. The van der Waals surface area contributed by atoms with E-state index in [1.54, 1.807) is 30.4 Å². The predicted molar refractivity (Wildman–Crippen MR) is 97.8 cm³/mol. The lowest BCUT2D eigenvalue weighted by Crippen LogP contribution is -2.49. The van der Waals surface area contributed by atoms with Gasteiger partial charge in [0.1, 0.15) is 12.6 Å². The van der Waals surface area contributed by atoms with Crippen molar-refractivity contribution >= 4 is 29.1 Å². The summed E-state index contributed by atoms with van der Waals surface area (Å²) in [6, 6.07) is 7.13. The van der Waals surface area contributed by atoms with Crippen LogP contribution in [-0.2, 0) is 9.59 Å². The van der Waals surface area contributed by atoms with Crippen molar-refractivity contribution in [1.82, 2.24) is 10.6 Å². The number of halogens is 4. The van der Waals surface area contributed by atoms with E-state index in [1.165, 1.54) is 0 Å². The third kappa shape index (κ3) is 5.76. The number of hydrogen-bond acceptors (Lipinski definition) is 4. The molecular formula is C18H20ClF3N4O2. The molecule has 6 nitrogen and oxygen atoms in total. The van der Waals surface area contributed by atoms with E-state index in [2.05, 4.69) is 11.4 Å². The Labute approximate surface area is 165 Å². The van der Waals surface area contributed by atoms with Gasteiger partial charge in [-0.1, -0.05) is 18.5 Å². The second-order valence-electron chi connectivity index (χ2n) is 6.90. The Morgan fingerprint density at radius 2 is 1.93 bits per heavy atom. The summed E-state index contributed by atoms with van der Waals surface area (Å²) in [4.78, 5) is 25.9. The maximum atomic E-state index is 12.4. The van der Waals surface area contributed by atoms with Crippen molar-refractivity contribution in [2.75, 3.05) is 31.1 Å². The maximum Gasteiger partial charge on any atom is 0.405 e. The summed E-state index contributed by atoms with van der Waals surface area (Å²) in [6.45, 7) is 0.835. The van der Waals surface area contributed by atoms with E-state index in [-0.39, 0.29) is 5.91 Å². The van der Waals surface area contributed by atoms with E-state index in [0.717, 1.165) is 5.69 Å². The van der Waals surface area contributed by atoms with Crippen LogP contribution < -0.4 is 15.5 Å². The van der Waals surface area contributed by atoms with Crippen LogP contribution in [0.1, 0.15) is 25.3 Å². The molecule has 2 N–H and O–H groups in total.